The molecule has 0 spiro atoms. The fraction of sp³-hybridized carbons (Fsp3) is 0. The van der Waals surface area contributed by atoms with Crippen LogP contribution in [-0.2, 0) is 0 Å². The smallest absolute Gasteiger partial charge is 0.199 e. The maximum Gasteiger partial charge on any atom is 0.199 e. The van der Waals surface area contributed by atoms with E-state index in [2.05, 4.69) is 20.9 Å². The van der Waals surface area contributed by atoms with Gasteiger partial charge in [0.15, 0.2) is 11.7 Å². The first-order valence-electron chi connectivity index (χ1n) is 4.64. The summed E-state index contributed by atoms with van der Waals surface area (Å²) in [5.74, 6) is 0. The molecule has 0 aliphatic rings. The molecule has 0 atom stereocenters. The Balaban J connectivity index is 2.60. The highest BCUT2D eigenvalue weighted by Gasteiger charge is 2.06. The standard InChI is InChI=1S/C12H8BrNO2/c13-10-3-1-8(2-4-10)11-6-14-5-9(7-15)12(11)16/h1-7H,(H,14,16). The third kappa shape index (κ3) is 1.97. The van der Waals surface area contributed by atoms with Crippen molar-refractivity contribution in [3.05, 3.63) is 56.9 Å². The van der Waals surface area contributed by atoms with Crippen LogP contribution in [0.1, 0.15) is 10.4 Å². The number of aromatic nitrogens is 1. The average Bonchev–Trinajstić information content (AvgIpc) is 2.31. The normalized spacial score (nSPS) is 10.1. The highest BCUT2D eigenvalue weighted by atomic mass is 79.9. The van der Waals surface area contributed by atoms with Crippen LogP contribution in [0, 0.1) is 0 Å². The minimum absolute atomic E-state index is 0.139. The van der Waals surface area contributed by atoms with Crippen molar-refractivity contribution in [2.75, 3.05) is 0 Å². The van der Waals surface area contributed by atoms with Gasteiger partial charge in [-0.2, -0.15) is 0 Å². The predicted octanol–water partition coefficient (Wildman–Crippen LogP) is 2.62. The van der Waals surface area contributed by atoms with Crippen molar-refractivity contribution in [1.29, 1.82) is 0 Å². The fourth-order valence-corrected chi connectivity index (χ4v) is 1.70. The fourth-order valence-electron chi connectivity index (χ4n) is 1.43. The Morgan fingerprint density at radius 1 is 1.12 bits per heavy atom. The lowest BCUT2D eigenvalue weighted by atomic mass is 10.1. The summed E-state index contributed by atoms with van der Waals surface area (Å²) in [5.41, 5.74) is 1.17. The first-order chi connectivity index (χ1) is 7.72. The number of carbonyl (C=O) groups is 1. The summed E-state index contributed by atoms with van der Waals surface area (Å²) in [5, 5.41) is 0. The number of halogens is 1. The summed E-state index contributed by atoms with van der Waals surface area (Å²) in [6.07, 6.45) is 3.55. The number of hydrogen-bond acceptors (Lipinski definition) is 2. The van der Waals surface area contributed by atoms with E-state index in [1.165, 1.54) is 6.20 Å². The molecule has 3 nitrogen and oxygen atoms in total. The highest BCUT2D eigenvalue weighted by Crippen LogP contribution is 2.18. The second-order valence-corrected chi connectivity index (χ2v) is 4.19. The van der Waals surface area contributed by atoms with Gasteiger partial charge in [-0.3, -0.25) is 9.59 Å². The lowest BCUT2D eigenvalue weighted by molar-refractivity contribution is 0.112. The number of benzene rings is 1. The van der Waals surface area contributed by atoms with Crippen LogP contribution in [0.3, 0.4) is 0 Å². The van der Waals surface area contributed by atoms with E-state index in [1.54, 1.807) is 6.20 Å². The minimum Gasteiger partial charge on any atom is -0.366 e. The lowest BCUT2D eigenvalue weighted by Gasteiger charge is -2.01. The molecule has 0 radical (unpaired) electrons. The molecular formula is C12H8BrNO2. The van der Waals surface area contributed by atoms with Crippen molar-refractivity contribution in [2.45, 2.75) is 0 Å². The van der Waals surface area contributed by atoms with E-state index >= 15 is 0 Å². The van der Waals surface area contributed by atoms with Gasteiger partial charge in [-0.15, -0.1) is 0 Å². The number of hydrogen-bond donors (Lipinski definition) is 1. The quantitative estimate of drug-likeness (QED) is 0.858. The van der Waals surface area contributed by atoms with Gasteiger partial charge >= 0.3 is 0 Å². The molecule has 0 aliphatic carbocycles. The zero-order valence-corrected chi connectivity index (χ0v) is 9.82. The van der Waals surface area contributed by atoms with E-state index < -0.39 is 0 Å². The zero-order chi connectivity index (χ0) is 11.5. The maximum atomic E-state index is 11.8. The van der Waals surface area contributed by atoms with E-state index in [9.17, 15) is 9.59 Å². The molecule has 1 heterocycles. The van der Waals surface area contributed by atoms with Gasteiger partial charge in [0.2, 0.25) is 0 Å². The third-order valence-corrected chi connectivity index (χ3v) is 2.78. The van der Waals surface area contributed by atoms with Crippen LogP contribution >= 0.6 is 15.9 Å². The van der Waals surface area contributed by atoms with Crippen molar-refractivity contribution in [2.24, 2.45) is 0 Å². The molecule has 1 aromatic carbocycles. The van der Waals surface area contributed by atoms with Gasteiger partial charge in [-0.05, 0) is 17.7 Å². The van der Waals surface area contributed by atoms with Crippen LogP contribution in [0.15, 0.2) is 45.9 Å². The molecule has 0 amide bonds. The van der Waals surface area contributed by atoms with Crippen molar-refractivity contribution >= 4 is 22.2 Å². The van der Waals surface area contributed by atoms with Gasteiger partial charge in [0.25, 0.3) is 0 Å². The molecular weight excluding hydrogens is 270 g/mol. The molecule has 80 valence electrons. The lowest BCUT2D eigenvalue weighted by Crippen LogP contribution is -2.10. The molecule has 16 heavy (non-hydrogen) atoms. The molecule has 0 unspecified atom stereocenters. The molecule has 1 aromatic heterocycles. The van der Waals surface area contributed by atoms with Crippen molar-refractivity contribution in [3.63, 3.8) is 0 Å². The number of rotatable bonds is 2. The molecule has 0 saturated carbocycles. The van der Waals surface area contributed by atoms with Crippen LogP contribution in [-0.4, -0.2) is 11.3 Å². The van der Waals surface area contributed by atoms with Gasteiger partial charge in [0.1, 0.15) is 0 Å². The van der Waals surface area contributed by atoms with Crippen molar-refractivity contribution in [1.82, 2.24) is 4.98 Å². The number of pyridine rings is 1. The van der Waals surface area contributed by atoms with E-state index in [0.717, 1.165) is 10.0 Å². The molecule has 0 aliphatic heterocycles. The molecule has 0 saturated heterocycles. The Labute approximate surface area is 100 Å². The molecule has 2 aromatic rings. The summed E-state index contributed by atoms with van der Waals surface area (Å²) in [6.45, 7) is 0. The summed E-state index contributed by atoms with van der Waals surface area (Å²) in [6, 6.07) is 7.34. The van der Waals surface area contributed by atoms with E-state index in [-0.39, 0.29) is 11.0 Å². The number of aromatic amines is 1. The summed E-state index contributed by atoms with van der Waals surface area (Å²) < 4.78 is 0.944. The van der Waals surface area contributed by atoms with Crippen LogP contribution < -0.4 is 5.43 Å². The Bertz CT molecular complexity index is 572. The second-order valence-electron chi connectivity index (χ2n) is 3.28. The van der Waals surface area contributed by atoms with E-state index in [1.807, 2.05) is 24.3 Å². The largest absolute Gasteiger partial charge is 0.366 e. The van der Waals surface area contributed by atoms with Gasteiger partial charge < -0.3 is 4.98 Å². The Kier molecular flexibility index (Phi) is 3.01. The van der Waals surface area contributed by atoms with E-state index in [0.29, 0.717) is 11.8 Å². The van der Waals surface area contributed by atoms with Crippen LogP contribution in [0.2, 0.25) is 0 Å². The summed E-state index contributed by atoms with van der Waals surface area (Å²) in [4.78, 5) is 25.3. The molecule has 4 heteroatoms. The minimum atomic E-state index is -0.254. The number of H-pyrrole nitrogens is 1. The van der Waals surface area contributed by atoms with E-state index in [4.69, 9.17) is 0 Å². The summed E-state index contributed by atoms with van der Waals surface area (Å²) in [7, 11) is 0. The Hall–Kier alpha value is -1.68. The average molecular weight is 278 g/mol. The first kappa shape index (κ1) is 10.8. The molecule has 0 bridgehead atoms. The first-order valence-corrected chi connectivity index (χ1v) is 5.44. The van der Waals surface area contributed by atoms with Gasteiger partial charge in [0, 0.05) is 22.4 Å². The van der Waals surface area contributed by atoms with Gasteiger partial charge in [-0.25, -0.2) is 0 Å². The molecule has 2 rings (SSSR count). The van der Waals surface area contributed by atoms with Crippen molar-refractivity contribution < 1.29 is 4.79 Å². The third-order valence-electron chi connectivity index (χ3n) is 2.26. The number of nitrogens with one attached hydrogen (secondary N) is 1. The Morgan fingerprint density at radius 3 is 2.44 bits per heavy atom. The van der Waals surface area contributed by atoms with Gasteiger partial charge in [0.05, 0.1) is 5.56 Å². The number of carbonyl (C=O) groups excluding carboxylic acids is 1. The van der Waals surface area contributed by atoms with Crippen LogP contribution in [0.5, 0.6) is 0 Å². The maximum absolute atomic E-state index is 11.8. The van der Waals surface area contributed by atoms with Crippen molar-refractivity contribution in [3.8, 4) is 11.1 Å². The second kappa shape index (κ2) is 4.45. The monoisotopic (exact) mass is 277 g/mol. The molecule has 1 N–H and O–H groups in total. The molecule has 0 fully saturated rings. The highest BCUT2D eigenvalue weighted by molar-refractivity contribution is 9.10. The zero-order valence-electron chi connectivity index (χ0n) is 8.24. The predicted molar refractivity (Wildman–Crippen MR) is 65.6 cm³/mol. The topological polar surface area (TPSA) is 49.9 Å². The summed E-state index contributed by atoms with van der Waals surface area (Å²) >= 11 is 3.32. The van der Waals surface area contributed by atoms with Gasteiger partial charge in [-0.1, -0.05) is 28.1 Å². The number of aldehydes is 1. The van der Waals surface area contributed by atoms with Crippen LogP contribution in [0.4, 0.5) is 0 Å². The Morgan fingerprint density at radius 2 is 1.81 bits per heavy atom. The van der Waals surface area contributed by atoms with Crippen LogP contribution in [0.25, 0.3) is 11.1 Å². The SMILES string of the molecule is O=Cc1c[nH]cc(-c2ccc(Br)cc2)c1=O.